The number of nitrogens with zero attached hydrogens (tertiary/aromatic N) is 2. The number of carbonyl (C=O) groups is 1. The Bertz CT molecular complexity index is 1020. The zero-order valence-corrected chi connectivity index (χ0v) is 18.6. The number of H-pyrrole nitrogens is 1. The Kier molecular flexibility index (Phi) is 6.56. The van der Waals surface area contributed by atoms with Crippen molar-refractivity contribution in [1.82, 2.24) is 15.3 Å². The molecule has 31 heavy (non-hydrogen) atoms. The van der Waals surface area contributed by atoms with Crippen LogP contribution in [0.2, 0.25) is 0 Å². The Morgan fingerprint density at radius 3 is 2.74 bits per heavy atom. The molecule has 0 amide bonds. The fourth-order valence-corrected chi connectivity index (χ4v) is 4.65. The second-order valence-corrected chi connectivity index (χ2v) is 8.69. The van der Waals surface area contributed by atoms with Crippen molar-refractivity contribution in [3.63, 3.8) is 0 Å². The molecule has 0 saturated heterocycles. The van der Waals surface area contributed by atoms with Crippen LogP contribution in [0.3, 0.4) is 0 Å². The van der Waals surface area contributed by atoms with Gasteiger partial charge in [-0.1, -0.05) is 18.2 Å². The Morgan fingerprint density at radius 2 is 2.00 bits per heavy atom. The number of anilines is 1. The van der Waals surface area contributed by atoms with E-state index in [1.54, 1.807) is 0 Å². The predicted octanol–water partition coefficient (Wildman–Crippen LogP) is 4.03. The molecule has 0 radical (unpaired) electrons. The summed E-state index contributed by atoms with van der Waals surface area (Å²) < 4.78 is 5.11. The predicted molar refractivity (Wildman–Crippen MR) is 125 cm³/mol. The Hall–Kier alpha value is -2.86. The second kappa shape index (κ2) is 9.52. The lowest BCUT2D eigenvalue weighted by molar-refractivity contribution is -0.143. The number of esters is 1. The van der Waals surface area contributed by atoms with E-state index in [9.17, 15) is 4.79 Å². The van der Waals surface area contributed by atoms with E-state index in [4.69, 9.17) is 4.74 Å². The van der Waals surface area contributed by atoms with Crippen molar-refractivity contribution in [2.45, 2.75) is 50.1 Å². The van der Waals surface area contributed by atoms with Crippen LogP contribution >= 0.6 is 0 Å². The third kappa shape index (κ3) is 4.90. The zero-order valence-electron chi connectivity index (χ0n) is 18.6. The highest BCUT2D eigenvalue weighted by molar-refractivity contribution is 5.84. The Morgan fingerprint density at radius 1 is 1.23 bits per heavy atom. The summed E-state index contributed by atoms with van der Waals surface area (Å²) in [6.45, 7) is 0. The van der Waals surface area contributed by atoms with Gasteiger partial charge in [0.05, 0.1) is 7.11 Å². The van der Waals surface area contributed by atoms with E-state index >= 15 is 0 Å². The molecule has 1 fully saturated rings. The number of fused-ring (bicyclic) bond motifs is 1. The maximum atomic E-state index is 12.5. The van der Waals surface area contributed by atoms with Gasteiger partial charge in [-0.05, 0) is 49.4 Å². The zero-order chi connectivity index (χ0) is 21.8. The SMILES string of the molecule is COC(=O)C(Cc1c[nH]c2ccccc12)NC1CCC(c2cc(N(C)C)ccn2)CC1. The van der Waals surface area contributed by atoms with Gasteiger partial charge >= 0.3 is 5.97 Å². The molecular formula is C25H32N4O2. The number of rotatable bonds is 7. The monoisotopic (exact) mass is 420 g/mol. The van der Waals surface area contributed by atoms with Gasteiger partial charge in [0.25, 0.3) is 0 Å². The van der Waals surface area contributed by atoms with Crippen molar-refractivity contribution in [2.24, 2.45) is 0 Å². The molecule has 2 heterocycles. The van der Waals surface area contributed by atoms with Gasteiger partial charge in [-0.15, -0.1) is 0 Å². The smallest absolute Gasteiger partial charge is 0.323 e. The van der Waals surface area contributed by atoms with Crippen molar-refractivity contribution in [3.8, 4) is 0 Å². The average Bonchev–Trinajstić information content (AvgIpc) is 3.21. The molecule has 0 aliphatic heterocycles. The standard InChI is InChI=1S/C25H32N4O2/c1-29(2)20-12-13-26-23(15-20)17-8-10-19(11-9-17)28-24(25(30)31-3)14-18-16-27-22-7-5-4-6-21(18)22/h4-7,12-13,15-17,19,24,27-28H,8-11,14H2,1-3H3. The number of methoxy groups -OCH3 is 1. The van der Waals surface area contributed by atoms with Gasteiger partial charge < -0.3 is 19.9 Å². The lowest BCUT2D eigenvalue weighted by Crippen LogP contribution is -2.46. The highest BCUT2D eigenvalue weighted by Gasteiger charge is 2.28. The van der Waals surface area contributed by atoms with Crippen LogP contribution < -0.4 is 10.2 Å². The lowest BCUT2D eigenvalue weighted by atomic mass is 9.83. The Balaban J connectivity index is 1.40. The number of hydrogen-bond donors (Lipinski definition) is 2. The fourth-order valence-electron chi connectivity index (χ4n) is 4.65. The second-order valence-electron chi connectivity index (χ2n) is 8.69. The van der Waals surface area contributed by atoms with Gasteiger partial charge in [-0.3, -0.25) is 9.78 Å². The number of ether oxygens (including phenoxy) is 1. The molecule has 0 spiro atoms. The van der Waals surface area contributed by atoms with E-state index in [0.29, 0.717) is 18.4 Å². The van der Waals surface area contributed by atoms with Crippen molar-refractivity contribution in [3.05, 3.63) is 60.0 Å². The fraction of sp³-hybridized carbons (Fsp3) is 0.440. The summed E-state index contributed by atoms with van der Waals surface area (Å²) in [4.78, 5) is 22.6. The summed E-state index contributed by atoms with van der Waals surface area (Å²) in [6.07, 6.45) is 8.72. The van der Waals surface area contributed by atoms with Crippen LogP contribution in [-0.2, 0) is 16.0 Å². The molecule has 2 N–H and O–H groups in total. The first-order valence-corrected chi connectivity index (χ1v) is 11.1. The lowest BCUT2D eigenvalue weighted by Gasteiger charge is -2.31. The van der Waals surface area contributed by atoms with Gasteiger partial charge in [-0.2, -0.15) is 0 Å². The van der Waals surface area contributed by atoms with Gasteiger partial charge in [0.2, 0.25) is 0 Å². The minimum atomic E-state index is -0.346. The first kappa shape index (κ1) is 21.4. The van der Waals surface area contributed by atoms with E-state index in [0.717, 1.165) is 42.1 Å². The summed E-state index contributed by atoms with van der Waals surface area (Å²) in [7, 11) is 5.58. The normalized spacial score (nSPS) is 19.8. The Labute approximate surface area is 184 Å². The largest absolute Gasteiger partial charge is 0.468 e. The number of carbonyl (C=O) groups excluding carboxylic acids is 1. The van der Waals surface area contributed by atoms with E-state index in [2.05, 4.69) is 52.5 Å². The molecule has 164 valence electrons. The highest BCUT2D eigenvalue weighted by Crippen LogP contribution is 2.33. The summed E-state index contributed by atoms with van der Waals surface area (Å²) >= 11 is 0. The van der Waals surface area contributed by atoms with Gasteiger partial charge in [0.15, 0.2) is 0 Å². The number of pyridine rings is 1. The van der Waals surface area contributed by atoms with Gasteiger partial charge in [0, 0.05) is 67.2 Å². The molecular weight excluding hydrogens is 388 g/mol. The summed E-state index contributed by atoms with van der Waals surface area (Å²) in [5.74, 6) is 0.274. The van der Waals surface area contributed by atoms with E-state index in [-0.39, 0.29) is 12.0 Å². The van der Waals surface area contributed by atoms with Crippen LogP contribution in [0, 0.1) is 0 Å². The van der Waals surface area contributed by atoms with Crippen LogP contribution in [0.1, 0.15) is 42.9 Å². The van der Waals surface area contributed by atoms with Crippen molar-refractivity contribution in [2.75, 3.05) is 26.1 Å². The molecule has 1 aliphatic carbocycles. The van der Waals surface area contributed by atoms with Gasteiger partial charge in [0.1, 0.15) is 6.04 Å². The molecule has 1 saturated carbocycles. The molecule has 1 aromatic carbocycles. The average molecular weight is 421 g/mol. The van der Waals surface area contributed by atoms with Crippen LogP contribution in [0.5, 0.6) is 0 Å². The van der Waals surface area contributed by atoms with Crippen LogP contribution in [0.15, 0.2) is 48.8 Å². The molecule has 3 aromatic rings. The highest BCUT2D eigenvalue weighted by atomic mass is 16.5. The third-order valence-electron chi connectivity index (χ3n) is 6.45. The number of benzene rings is 1. The molecule has 1 aliphatic rings. The maximum Gasteiger partial charge on any atom is 0.323 e. The first-order chi connectivity index (χ1) is 15.0. The number of hydrogen-bond acceptors (Lipinski definition) is 5. The maximum absolute atomic E-state index is 12.5. The van der Waals surface area contributed by atoms with Gasteiger partial charge in [-0.25, -0.2) is 0 Å². The molecule has 4 rings (SSSR count). The quantitative estimate of drug-likeness (QED) is 0.565. The molecule has 0 bridgehead atoms. The molecule has 1 atom stereocenters. The minimum Gasteiger partial charge on any atom is -0.468 e. The van der Waals surface area contributed by atoms with Crippen LogP contribution in [0.4, 0.5) is 5.69 Å². The number of aromatic nitrogens is 2. The first-order valence-electron chi connectivity index (χ1n) is 11.1. The van der Waals surface area contributed by atoms with E-state index < -0.39 is 0 Å². The number of nitrogens with one attached hydrogen (secondary N) is 2. The third-order valence-corrected chi connectivity index (χ3v) is 6.45. The topological polar surface area (TPSA) is 70.2 Å². The van der Waals surface area contributed by atoms with Crippen molar-refractivity contribution < 1.29 is 9.53 Å². The van der Waals surface area contributed by atoms with E-state index in [1.807, 2.05) is 30.6 Å². The van der Waals surface area contributed by atoms with Crippen LogP contribution in [0.25, 0.3) is 10.9 Å². The van der Waals surface area contributed by atoms with Crippen molar-refractivity contribution in [1.29, 1.82) is 0 Å². The molecule has 2 aromatic heterocycles. The minimum absolute atomic E-state index is 0.201. The molecule has 6 heteroatoms. The molecule has 6 nitrogen and oxygen atoms in total. The summed E-state index contributed by atoms with van der Waals surface area (Å²) in [5.41, 5.74) is 4.59. The van der Waals surface area contributed by atoms with E-state index in [1.165, 1.54) is 18.5 Å². The number of para-hydroxylation sites is 1. The van der Waals surface area contributed by atoms with Crippen molar-refractivity contribution >= 4 is 22.6 Å². The van der Waals surface area contributed by atoms with Crippen LogP contribution in [-0.4, -0.2) is 49.2 Å². The summed E-state index contributed by atoms with van der Waals surface area (Å²) in [6, 6.07) is 12.4. The number of aromatic amines is 1. The molecule has 1 unspecified atom stereocenters. The summed E-state index contributed by atoms with van der Waals surface area (Å²) in [5, 5.41) is 4.76.